The number of allylic oxidation sites excluding steroid dienone is 1. The molecule has 1 aromatic rings. The molecule has 0 saturated heterocycles. The van der Waals surface area contributed by atoms with Crippen LogP contribution in [0.4, 0.5) is 0 Å². The molecular formula is C16H17NO4. The van der Waals surface area contributed by atoms with E-state index in [2.05, 4.69) is 4.99 Å². The zero-order valence-corrected chi connectivity index (χ0v) is 12.1. The van der Waals surface area contributed by atoms with E-state index in [1.54, 1.807) is 26.0 Å². The molecule has 1 heterocycles. The van der Waals surface area contributed by atoms with Crippen molar-refractivity contribution in [3.05, 3.63) is 46.7 Å². The van der Waals surface area contributed by atoms with E-state index in [1.807, 2.05) is 19.1 Å². The standard InChI is InChI=1S/C16H17NO4/c1-8-5-4-6-11(7-8)14-12(15(18)19)9(2)17-10(3)13(14)16(20)21/h4-7,12,14H,1-3H3,(H,18,19)(H,20,21). The summed E-state index contributed by atoms with van der Waals surface area (Å²) in [5.74, 6) is -3.87. The monoisotopic (exact) mass is 287 g/mol. The minimum atomic E-state index is -1.12. The molecule has 110 valence electrons. The van der Waals surface area contributed by atoms with Crippen molar-refractivity contribution in [2.75, 3.05) is 0 Å². The quantitative estimate of drug-likeness (QED) is 0.894. The Labute approximate surface area is 122 Å². The molecule has 5 heteroatoms. The predicted molar refractivity (Wildman–Crippen MR) is 78.5 cm³/mol. The second-order valence-electron chi connectivity index (χ2n) is 5.27. The smallest absolute Gasteiger partial charge is 0.334 e. The van der Waals surface area contributed by atoms with E-state index in [9.17, 15) is 19.8 Å². The molecule has 1 aliphatic heterocycles. The summed E-state index contributed by atoms with van der Waals surface area (Å²) >= 11 is 0. The third-order valence-electron chi connectivity index (χ3n) is 3.73. The van der Waals surface area contributed by atoms with Gasteiger partial charge in [-0.3, -0.25) is 9.79 Å². The molecule has 0 aromatic heterocycles. The lowest BCUT2D eigenvalue weighted by Crippen LogP contribution is -2.34. The number of hydrogen-bond donors (Lipinski definition) is 2. The Morgan fingerprint density at radius 3 is 2.33 bits per heavy atom. The molecule has 0 spiro atoms. The molecule has 0 amide bonds. The topological polar surface area (TPSA) is 87.0 Å². The molecule has 0 aliphatic carbocycles. The van der Waals surface area contributed by atoms with E-state index < -0.39 is 23.8 Å². The number of rotatable bonds is 3. The van der Waals surface area contributed by atoms with Crippen molar-refractivity contribution in [3.63, 3.8) is 0 Å². The van der Waals surface area contributed by atoms with Crippen LogP contribution in [0.25, 0.3) is 0 Å². The fourth-order valence-electron chi connectivity index (χ4n) is 2.86. The van der Waals surface area contributed by atoms with E-state index in [-0.39, 0.29) is 5.57 Å². The van der Waals surface area contributed by atoms with Crippen molar-refractivity contribution in [2.24, 2.45) is 10.9 Å². The first-order valence-electron chi connectivity index (χ1n) is 6.61. The van der Waals surface area contributed by atoms with E-state index in [0.717, 1.165) is 5.56 Å². The highest BCUT2D eigenvalue weighted by molar-refractivity contribution is 6.06. The normalized spacial score (nSPS) is 22.0. The minimum Gasteiger partial charge on any atom is -0.481 e. The van der Waals surface area contributed by atoms with E-state index in [1.165, 1.54) is 0 Å². The van der Waals surface area contributed by atoms with Gasteiger partial charge in [0.25, 0.3) is 0 Å². The molecule has 2 atom stereocenters. The lowest BCUT2D eigenvalue weighted by atomic mass is 9.75. The Balaban J connectivity index is 2.68. The maximum Gasteiger partial charge on any atom is 0.334 e. The summed E-state index contributed by atoms with van der Waals surface area (Å²) in [6.07, 6.45) is 0. The summed E-state index contributed by atoms with van der Waals surface area (Å²) in [5, 5.41) is 19.0. The van der Waals surface area contributed by atoms with Gasteiger partial charge in [-0.15, -0.1) is 0 Å². The van der Waals surface area contributed by atoms with Gasteiger partial charge in [-0.05, 0) is 26.3 Å². The maximum atomic E-state index is 11.6. The van der Waals surface area contributed by atoms with Gasteiger partial charge in [-0.1, -0.05) is 29.8 Å². The molecule has 5 nitrogen and oxygen atoms in total. The van der Waals surface area contributed by atoms with Crippen LogP contribution in [0, 0.1) is 12.8 Å². The van der Waals surface area contributed by atoms with Gasteiger partial charge < -0.3 is 10.2 Å². The summed E-state index contributed by atoms with van der Waals surface area (Å²) in [7, 11) is 0. The first-order valence-corrected chi connectivity index (χ1v) is 6.61. The van der Waals surface area contributed by atoms with Gasteiger partial charge in [0.05, 0.1) is 5.57 Å². The third kappa shape index (κ3) is 2.72. The average Bonchev–Trinajstić information content (AvgIpc) is 2.36. The largest absolute Gasteiger partial charge is 0.481 e. The number of hydrogen-bond acceptors (Lipinski definition) is 3. The number of aryl methyl sites for hydroxylation is 1. The lowest BCUT2D eigenvalue weighted by Gasteiger charge is -2.29. The van der Waals surface area contributed by atoms with Gasteiger partial charge in [0.15, 0.2) is 0 Å². The Bertz CT molecular complexity index is 673. The number of carboxylic acid groups (broad SMARTS) is 2. The molecule has 1 aromatic carbocycles. The Morgan fingerprint density at radius 2 is 1.81 bits per heavy atom. The van der Waals surface area contributed by atoms with Gasteiger partial charge >= 0.3 is 11.9 Å². The number of nitrogens with zero attached hydrogens (tertiary/aromatic N) is 1. The van der Waals surface area contributed by atoms with Crippen LogP contribution in [0.5, 0.6) is 0 Å². The van der Waals surface area contributed by atoms with Crippen LogP contribution in [0.15, 0.2) is 40.5 Å². The molecule has 2 unspecified atom stereocenters. The summed E-state index contributed by atoms with van der Waals surface area (Å²) in [4.78, 5) is 27.3. The van der Waals surface area contributed by atoms with Crippen molar-refractivity contribution in [2.45, 2.75) is 26.7 Å². The Morgan fingerprint density at radius 1 is 1.14 bits per heavy atom. The number of benzene rings is 1. The lowest BCUT2D eigenvalue weighted by molar-refractivity contribution is -0.140. The maximum absolute atomic E-state index is 11.6. The molecular weight excluding hydrogens is 270 g/mol. The number of carbonyl (C=O) groups is 2. The van der Waals surface area contributed by atoms with Crippen LogP contribution in [-0.4, -0.2) is 27.9 Å². The highest BCUT2D eigenvalue weighted by atomic mass is 16.4. The molecule has 21 heavy (non-hydrogen) atoms. The number of aliphatic carboxylic acids is 2. The van der Waals surface area contributed by atoms with Gasteiger partial charge in [-0.25, -0.2) is 4.79 Å². The van der Waals surface area contributed by atoms with Gasteiger partial charge in [0, 0.05) is 17.3 Å². The summed E-state index contributed by atoms with van der Waals surface area (Å²) < 4.78 is 0. The van der Waals surface area contributed by atoms with Crippen LogP contribution >= 0.6 is 0 Å². The number of carboxylic acids is 2. The molecule has 2 N–H and O–H groups in total. The molecule has 2 rings (SSSR count). The highest BCUT2D eigenvalue weighted by Crippen LogP contribution is 2.39. The van der Waals surface area contributed by atoms with Gasteiger partial charge in [0.1, 0.15) is 5.92 Å². The van der Waals surface area contributed by atoms with Crippen LogP contribution in [-0.2, 0) is 9.59 Å². The van der Waals surface area contributed by atoms with Crippen molar-refractivity contribution in [1.29, 1.82) is 0 Å². The third-order valence-corrected chi connectivity index (χ3v) is 3.73. The molecule has 0 saturated carbocycles. The fraction of sp³-hybridized carbons (Fsp3) is 0.312. The zero-order valence-electron chi connectivity index (χ0n) is 12.1. The van der Waals surface area contributed by atoms with Gasteiger partial charge in [0.2, 0.25) is 0 Å². The summed E-state index contributed by atoms with van der Waals surface area (Å²) in [6.45, 7) is 5.12. The van der Waals surface area contributed by atoms with Crippen molar-refractivity contribution < 1.29 is 19.8 Å². The van der Waals surface area contributed by atoms with Crippen LogP contribution in [0.1, 0.15) is 30.9 Å². The van der Waals surface area contributed by atoms with E-state index in [0.29, 0.717) is 17.0 Å². The first-order chi connectivity index (χ1) is 9.82. The summed E-state index contributed by atoms with van der Waals surface area (Å²) in [6, 6.07) is 7.29. The van der Waals surface area contributed by atoms with Crippen LogP contribution < -0.4 is 0 Å². The Kier molecular flexibility index (Phi) is 3.93. The van der Waals surface area contributed by atoms with Crippen LogP contribution in [0.2, 0.25) is 0 Å². The second kappa shape index (κ2) is 5.52. The second-order valence-corrected chi connectivity index (χ2v) is 5.27. The van der Waals surface area contributed by atoms with E-state index >= 15 is 0 Å². The van der Waals surface area contributed by atoms with Crippen molar-refractivity contribution in [1.82, 2.24) is 0 Å². The molecule has 1 aliphatic rings. The highest BCUT2D eigenvalue weighted by Gasteiger charge is 2.40. The average molecular weight is 287 g/mol. The van der Waals surface area contributed by atoms with Crippen molar-refractivity contribution in [3.8, 4) is 0 Å². The molecule has 0 radical (unpaired) electrons. The van der Waals surface area contributed by atoms with Crippen LogP contribution in [0.3, 0.4) is 0 Å². The van der Waals surface area contributed by atoms with E-state index in [4.69, 9.17) is 0 Å². The molecule has 0 fully saturated rings. The zero-order chi connectivity index (χ0) is 15.7. The predicted octanol–water partition coefficient (Wildman–Crippen LogP) is 2.61. The fourth-order valence-corrected chi connectivity index (χ4v) is 2.86. The SMILES string of the molecule is CC1=NC(C)=C(C(=O)O)C(c2cccc(C)c2)C1C(=O)O. The minimum absolute atomic E-state index is 0.0543. The first kappa shape index (κ1) is 15.0. The number of aliphatic imine (C=N–C) groups is 1. The molecule has 0 bridgehead atoms. The van der Waals surface area contributed by atoms with Gasteiger partial charge in [-0.2, -0.15) is 0 Å². The Hall–Kier alpha value is -2.43. The van der Waals surface area contributed by atoms with Crippen molar-refractivity contribution >= 4 is 17.7 Å². The summed E-state index contributed by atoms with van der Waals surface area (Å²) in [5.41, 5.74) is 2.49.